The van der Waals surface area contributed by atoms with E-state index in [0.29, 0.717) is 0 Å². The van der Waals surface area contributed by atoms with Crippen molar-refractivity contribution in [1.82, 2.24) is 4.90 Å². The van der Waals surface area contributed by atoms with Crippen LogP contribution in [0.4, 0.5) is 0 Å². The second-order valence-electron chi connectivity index (χ2n) is 5.58. The van der Waals surface area contributed by atoms with Crippen LogP contribution in [-0.2, 0) is 0 Å². The topological polar surface area (TPSA) is 3.24 Å². The molecule has 1 fully saturated rings. The third-order valence-electron chi connectivity index (χ3n) is 3.92. The number of rotatable bonds is 10. The van der Waals surface area contributed by atoms with E-state index in [-0.39, 0.29) is 0 Å². The van der Waals surface area contributed by atoms with Crippen molar-refractivity contribution in [2.75, 3.05) is 25.0 Å². The fourth-order valence-electron chi connectivity index (χ4n) is 2.71. The molecule has 1 rings (SSSR count). The van der Waals surface area contributed by atoms with Crippen LogP contribution in [0.3, 0.4) is 0 Å². The zero-order chi connectivity index (χ0) is 12.3. The van der Waals surface area contributed by atoms with Gasteiger partial charge in [-0.25, -0.2) is 0 Å². The Morgan fingerprint density at radius 2 is 1.65 bits per heavy atom. The fraction of sp³-hybridized carbons (Fsp3) is 1.00. The summed E-state index contributed by atoms with van der Waals surface area (Å²) >= 11 is 3.60. The molecule has 2 heteroatoms. The predicted molar refractivity (Wildman–Crippen MR) is 81.0 cm³/mol. The Balaban J connectivity index is 1.81. The number of hydrogen-bond acceptors (Lipinski definition) is 1. The molecule has 0 spiro atoms. The summed E-state index contributed by atoms with van der Waals surface area (Å²) in [4.78, 5) is 2.66. The average Bonchev–Trinajstić information content (AvgIpc) is 2.80. The Hall–Kier alpha value is 0.440. The normalized spacial score (nSPS) is 21.2. The molecule has 102 valence electrons. The highest BCUT2D eigenvalue weighted by atomic mass is 79.9. The molecular weight excluding hydrogens is 274 g/mol. The van der Waals surface area contributed by atoms with Crippen molar-refractivity contribution < 1.29 is 0 Å². The standard InChI is InChI=1S/C15H30BrN/c1-2-3-4-5-6-7-8-9-11-17-12-10-15(13-16)14-17/h15H,2-14H2,1H3. The highest BCUT2D eigenvalue weighted by molar-refractivity contribution is 9.09. The number of alkyl halides is 1. The summed E-state index contributed by atoms with van der Waals surface area (Å²) in [5, 5.41) is 1.20. The lowest BCUT2D eigenvalue weighted by Gasteiger charge is -2.15. The Morgan fingerprint density at radius 3 is 2.24 bits per heavy atom. The molecule has 0 aromatic carbocycles. The predicted octanol–water partition coefficient (Wildman–Crippen LogP) is 4.84. The van der Waals surface area contributed by atoms with Crippen LogP contribution in [-0.4, -0.2) is 29.9 Å². The molecule has 0 saturated carbocycles. The van der Waals surface area contributed by atoms with Crippen molar-refractivity contribution >= 4 is 15.9 Å². The summed E-state index contributed by atoms with van der Waals surface area (Å²) in [7, 11) is 0. The van der Waals surface area contributed by atoms with E-state index in [9.17, 15) is 0 Å². The van der Waals surface area contributed by atoms with Crippen LogP contribution in [0.25, 0.3) is 0 Å². The van der Waals surface area contributed by atoms with Gasteiger partial charge in [-0.1, -0.05) is 67.8 Å². The maximum absolute atomic E-state index is 3.60. The second kappa shape index (κ2) is 10.4. The number of likely N-dealkylation sites (tertiary alicyclic amines) is 1. The summed E-state index contributed by atoms with van der Waals surface area (Å²) in [6.45, 7) is 6.31. The van der Waals surface area contributed by atoms with E-state index in [2.05, 4.69) is 27.8 Å². The van der Waals surface area contributed by atoms with Gasteiger partial charge in [0.05, 0.1) is 0 Å². The number of hydrogen-bond donors (Lipinski definition) is 0. The van der Waals surface area contributed by atoms with Gasteiger partial charge < -0.3 is 4.90 Å². The summed E-state index contributed by atoms with van der Waals surface area (Å²) in [6, 6.07) is 0. The molecule has 17 heavy (non-hydrogen) atoms. The maximum atomic E-state index is 3.60. The van der Waals surface area contributed by atoms with Crippen LogP contribution >= 0.6 is 15.9 Å². The number of unbranched alkanes of at least 4 members (excludes halogenated alkanes) is 7. The van der Waals surface area contributed by atoms with Gasteiger partial charge in [0.15, 0.2) is 0 Å². The lowest BCUT2D eigenvalue weighted by atomic mass is 10.1. The van der Waals surface area contributed by atoms with E-state index < -0.39 is 0 Å². The van der Waals surface area contributed by atoms with E-state index in [4.69, 9.17) is 0 Å². The van der Waals surface area contributed by atoms with Gasteiger partial charge in [0, 0.05) is 11.9 Å². The van der Waals surface area contributed by atoms with E-state index in [0.717, 1.165) is 5.92 Å². The molecule has 1 nitrogen and oxygen atoms in total. The van der Waals surface area contributed by atoms with Crippen LogP contribution in [0.5, 0.6) is 0 Å². The third kappa shape index (κ3) is 7.46. The first-order valence-electron chi connectivity index (χ1n) is 7.65. The van der Waals surface area contributed by atoms with Crippen molar-refractivity contribution in [3.63, 3.8) is 0 Å². The van der Waals surface area contributed by atoms with Crippen LogP contribution < -0.4 is 0 Å². The van der Waals surface area contributed by atoms with Gasteiger partial charge in [0.25, 0.3) is 0 Å². The van der Waals surface area contributed by atoms with Gasteiger partial charge >= 0.3 is 0 Å². The first kappa shape index (κ1) is 15.5. The van der Waals surface area contributed by atoms with Crippen molar-refractivity contribution in [3.05, 3.63) is 0 Å². The van der Waals surface area contributed by atoms with Crippen molar-refractivity contribution in [1.29, 1.82) is 0 Å². The summed E-state index contributed by atoms with van der Waals surface area (Å²) < 4.78 is 0. The smallest absolute Gasteiger partial charge is 0.00723 e. The largest absolute Gasteiger partial charge is 0.303 e. The fourth-order valence-corrected chi connectivity index (χ4v) is 3.24. The van der Waals surface area contributed by atoms with Gasteiger partial charge in [-0.05, 0) is 31.8 Å². The lowest BCUT2D eigenvalue weighted by molar-refractivity contribution is 0.318. The quantitative estimate of drug-likeness (QED) is 0.412. The second-order valence-corrected chi connectivity index (χ2v) is 6.23. The van der Waals surface area contributed by atoms with Crippen molar-refractivity contribution in [3.8, 4) is 0 Å². The number of halogens is 1. The van der Waals surface area contributed by atoms with E-state index >= 15 is 0 Å². The summed E-state index contributed by atoms with van der Waals surface area (Å²) in [6.07, 6.45) is 12.9. The van der Waals surface area contributed by atoms with Crippen molar-refractivity contribution in [2.24, 2.45) is 5.92 Å². The number of nitrogens with zero attached hydrogens (tertiary/aromatic N) is 1. The Bertz CT molecular complexity index is 172. The van der Waals surface area contributed by atoms with Crippen LogP contribution in [0.1, 0.15) is 64.7 Å². The minimum absolute atomic E-state index is 0.920. The molecule has 0 amide bonds. The molecule has 1 heterocycles. The van der Waals surface area contributed by atoms with Crippen LogP contribution in [0.15, 0.2) is 0 Å². The molecule has 0 N–H and O–H groups in total. The zero-order valence-electron chi connectivity index (χ0n) is 11.6. The summed E-state index contributed by atoms with van der Waals surface area (Å²) in [5.41, 5.74) is 0. The average molecular weight is 304 g/mol. The Morgan fingerprint density at radius 1 is 1.00 bits per heavy atom. The minimum Gasteiger partial charge on any atom is -0.303 e. The van der Waals surface area contributed by atoms with Crippen molar-refractivity contribution in [2.45, 2.75) is 64.7 Å². The van der Waals surface area contributed by atoms with E-state index in [1.54, 1.807) is 0 Å². The molecule has 0 bridgehead atoms. The van der Waals surface area contributed by atoms with Gasteiger partial charge in [-0.3, -0.25) is 0 Å². The highest BCUT2D eigenvalue weighted by Crippen LogP contribution is 2.18. The maximum Gasteiger partial charge on any atom is 0.00723 e. The van der Waals surface area contributed by atoms with Gasteiger partial charge in [0.2, 0.25) is 0 Å². The zero-order valence-corrected chi connectivity index (χ0v) is 13.2. The molecule has 1 atom stereocenters. The SMILES string of the molecule is CCCCCCCCCCN1CCC(CBr)C1. The first-order valence-corrected chi connectivity index (χ1v) is 8.77. The molecular formula is C15H30BrN. The molecule has 1 saturated heterocycles. The molecule has 1 aliphatic heterocycles. The third-order valence-corrected chi connectivity index (χ3v) is 4.83. The first-order chi connectivity index (χ1) is 8.36. The van der Waals surface area contributed by atoms with E-state index in [1.165, 1.54) is 82.8 Å². The lowest BCUT2D eigenvalue weighted by Crippen LogP contribution is -2.22. The molecule has 0 aliphatic carbocycles. The van der Waals surface area contributed by atoms with Crippen LogP contribution in [0, 0.1) is 5.92 Å². The Kier molecular flexibility index (Phi) is 9.45. The molecule has 0 aromatic heterocycles. The minimum atomic E-state index is 0.920. The van der Waals surface area contributed by atoms with E-state index in [1.807, 2.05) is 0 Å². The van der Waals surface area contributed by atoms with Gasteiger partial charge in [-0.2, -0.15) is 0 Å². The highest BCUT2D eigenvalue weighted by Gasteiger charge is 2.20. The molecule has 1 aliphatic rings. The van der Waals surface area contributed by atoms with Gasteiger partial charge in [0.1, 0.15) is 0 Å². The summed E-state index contributed by atoms with van der Waals surface area (Å²) in [5.74, 6) is 0.920. The van der Waals surface area contributed by atoms with Crippen LogP contribution in [0.2, 0.25) is 0 Å². The van der Waals surface area contributed by atoms with Gasteiger partial charge in [-0.15, -0.1) is 0 Å². The molecule has 1 unspecified atom stereocenters. The Labute approximate surface area is 116 Å². The molecule has 0 aromatic rings. The monoisotopic (exact) mass is 303 g/mol. The molecule has 0 radical (unpaired) electrons.